The van der Waals surface area contributed by atoms with Gasteiger partial charge in [-0.1, -0.05) is 13.3 Å². The first-order valence-corrected chi connectivity index (χ1v) is 6.64. The molecule has 0 atom stereocenters. The highest BCUT2D eigenvalue weighted by Crippen LogP contribution is 2.12. The highest BCUT2D eigenvalue weighted by Gasteiger charge is 2.24. The van der Waals surface area contributed by atoms with Gasteiger partial charge in [-0.2, -0.15) is 0 Å². The number of hydrogen-bond acceptors (Lipinski definition) is 5. The molecule has 0 bridgehead atoms. The number of hydrogen-bond donors (Lipinski definition) is 0. The van der Waals surface area contributed by atoms with Crippen LogP contribution in [0.2, 0.25) is 0 Å². The maximum absolute atomic E-state index is 11.3. The van der Waals surface area contributed by atoms with Gasteiger partial charge in [-0.25, -0.2) is 13.2 Å². The Hall–Kier alpha value is -0.820. The molecule has 0 unspecified atom stereocenters. The van der Waals surface area contributed by atoms with E-state index in [0.717, 1.165) is 0 Å². The minimum absolute atomic E-state index is 0.337. The molecule has 0 aliphatic rings. The van der Waals surface area contributed by atoms with Crippen LogP contribution in [0.3, 0.4) is 0 Å². The number of rotatable bonds is 4. The Labute approximate surface area is 96.2 Å². The highest BCUT2D eigenvalue weighted by molar-refractivity contribution is 7.89. The molecule has 16 heavy (non-hydrogen) atoms. The van der Waals surface area contributed by atoms with Crippen molar-refractivity contribution in [2.45, 2.75) is 46.1 Å². The molecule has 0 rings (SSSR count). The lowest BCUT2D eigenvalue weighted by Gasteiger charge is -2.30. The molecule has 7 heteroatoms. The maximum Gasteiger partial charge on any atom is 0.413 e. The Morgan fingerprint density at radius 3 is 2.25 bits per heavy atom. The second kappa shape index (κ2) is 5.49. The van der Waals surface area contributed by atoms with Gasteiger partial charge in [0, 0.05) is 0 Å². The third-order valence-electron chi connectivity index (χ3n) is 1.55. The van der Waals surface area contributed by atoms with Crippen LogP contribution in [0, 0.1) is 5.21 Å². The van der Waals surface area contributed by atoms with E-state index in [0.29, 0.717) is 12.8 Å². The molecule has 0 aromatic carbocycles. The number of nitrogens with zero attached hydrogens (tertiary/aromatic N) is 1. The van der Waals surface area contributed by atoms with E-state index in [9.17, 15) is 18.4 Å². The van der Waals surface area contributed by atoms with E-state index >= 15 is 0 Å². The van der Waals surface area contributed by atoms with Crippen LogP contribution in [0.1, 0.15) is 40.5 Å². The van der Waals surface area contributed by atoms with Gasteiger partial charge in [0.05, 0.1) is 5.75 Å². The van der Waals surface area contributed by atoms with Crippen molar-refractivity contribution in [1.29, 1.82) is 0 Å². The van der Waals surface area contributed by atoms with E-state index in [2.05, 4.69) is 4.74 Å². The summed E-state index contributed by atoms with van der Waals surface area (Å²) in [5.41, 5.74) is -0.889. The summed E-state index contributed by atoms with van der Waals surface area (Å²) in [6, 6.07) is 0. The van der Waals surface area contributed by atoms with Crippen molar-refractivity contribution in [2.24, 2.45) is 0 Å². The van der Waals surface area contributed by atoms with E-state index < -0.39 is 26.2 Å². The molecule has 0 aromatic heterocycles. The van der Waals surface area contributed by atoms with E-state index in [-0.39, 0.29) is 5.75 Å². The smallest absolute Gasteiger partial charge is 0.413 e. The number of unbranched alkanes of at least 4 members (excludes halogenated alkanes) is 1. The first-order valence-electron chi connectivity index (χ1n) is 5.03. The molecular formula is C9H18NO5S-. The van der Waals surface area contributed by atoms with Crippen LogP contribution < -0.4 is 0 Å². The van der Waals surface area contributed by atoms with Crippen LogP contribution in [-0.4, -0.2) is 30.3 Å². The molecule has 0 aliphatic heterocycles. The zero-order chi connectivity index (χ0) is 13.0. The average Bonchev–Trinajstić information content (AvgIpc) is 2.10. The number of carbonyl (C=O) groups excluding carboxylic acids is 1. The Kier molecular flexibility index (Phi) is 5.21. The van der Waals surface area contributed by atoms with Crippen LogP contribution in [0.4, 0.5) is 4.79 Å². The van der Waals surface area contributed by atoms with Crippen molar-refractivity contribution in [1.82, 2.24) is 4.47 Å². The molecule has 0 N–H and O–H groups in total. The van der Waals surface area contributed by atoms with Gasteiger partial charge in [0.2, 0.25) is 10.0 Å². The lowest BCUT2D eigenvalue weighted by Crippen LogP contribution is -2.38. The highest BCUT2D eigenvalue weighted by atomic mass is 32.2. The minimum Gasteiger partial charge on any atom is -0.740 e. The Morgan fingerprint density at radius 1 is 1.38 bits per heavy atom. The second-order valence-electron chi connectivity index (χ2n) is 4.38. The summed E-state index contributed by atoms with van der Waals surface area (Å²) >= 11 is 0. The fourth-order valence-corrected chi connectivity index (χ4v) is 1.91. The number of ether oxygens (including phenoxy) is 1. The van der Waals surface area contributed by atoms with Crippen LogP contribution in [0.25, 0.3) is 0 Å². The van der Waals surface area contributed by atoms with E-state index in [1.807, 2.05) is 0 Å². The van der Waals surface area contributed by atoms with Gasteiger partial charge < -0.3 is 9.94 Å². The molecule has 0 spiro atoms. The second-order valence-corrected chi connectivity index (χ2v) is 6.28. The molecule has 0 saturated carbocycles. The monoisotopic (exact) mass is 252 g/mol. The Bertz CT molecular complexity index is 330. The molecule has 0 aromatic rings. The molecule has 0 fully saturated rings. The van der Waals surface area contributed by atoms with Crippen molar-refractivity contribution in [3.05, 3.63) is 5.21 Å². The zero-order valence-electron chi connectivity index (χ0n) is 10.0. The third kappa shape index (κ3) is 5.32. The van der Waals surface area contributed by atoms with Gasteiger partial charge in [-0.05, 0) is 27.2 Å². The predicted molar refractivity (Wildman–Crippen MR) is 60.1 cm³/mol. The molecule has 0 radical (unpaired) electrons. The number of carbonyl (C=O) groups is 1. The Balaban J connectivity index is 4.55. The van der Waals surface area contributed by atoms with Gasteiger partial charge in [0.25, 0.3) is 0 Å². The van der Waals surface area contributed by atoms with Gasteiger partial charge in [0.1, 0.15) is 5.60 Å². The maximum atomic E-state index is 11.3. The molecule has 1 amide bonds. The number of amides is 1. The van der Waals surface area contributed by atoms with Crippen molar-refractivity contribution < 1.29 is 17.9 Å². The fourth-order valence-electron chi connectivity index (χ4n) is 0.822. The Morgan fingerprint density at radius 2 is 1.88 bits per heavy atom. The van der Waals surface area contributed by atoms with E-state index in [1.165, 1.54) is 0 Å². The van der Waals surface area contributed by atoms with Crippen LogP contribution in [0.15, 0.2) is 0 Å². The van der Waals surface area contributed by atoms with Crippen LogP contribution in [0.5, 0.6) is 0 Å². The average molecular weight is 252 g/mol. The van der Waals surface area contributed by atoms with Crippen LogP contribution >= 0.6 is 0 Å². The van der Waals surface area contributed by atoms with E-state index in [4.69, 9.17) is 0 Å². The van der Waals surface area contributed by atoms with Gasteiger partial charge in [0.15, 0.2) is 0 Å². The van der Waals surface area contributed by atoms with Gasteiger partial charge in [-0.15, -0.1) is 0 Å². The number of hydroxylamine groups is 1. The minimum atomic E-state index is -4.09. The summed E-state index contributed by atoms with van der Waals surface area (Å²) in [4.78, 5) is 11.2. The summed E-state index contributed by atoms with van der Waals surface area (Å²) < 4.78 is 26.7. The normalized spacial score (nSPS) is 12.3. The van der Waals surface area contributed by atoms with E-state index in [1.54, 1.807) is 27.7 Å². The quantitative estimate of drug-likeness (QED) is 0.712. The third-order valence-corrected chi connectivity index (χ3v) is 3.01. The van der Waals surface area contributed by atoms with Crippen molar-refractivity contribution in [3.63, 3.8) is 0 Å². The molecule has 96 valence electrons. The standard InChI is InChI=1S/C9H18NO5S/c1-5-6-7-16(13,14)10(12)8(11)15-9(2,3)4/h5-7H2,1-4H3/q-1. The first kappa shape index (κ1) is 15.2. The van der Waals surface area contributed by atoms with Gasteiger partial charge in [-0.3, -0.25) is 4.47 Å². The van der Waals surface area contributed by atoms with Gasteiger partial charge >= 0.3 is 6.09 Å². The van der Waals surface area contributed by atoms with Crippen molar-refractivity contribution >= 4 is 16.1 Å². The van der Waals surface area contributed by atoms with Crippen LogP contribution in [-0.2, 0) is 14.8 Å². The summed E-state index contributed by atoms with van der Waals surface area (Å²) in [7, 11) is -4.09. The first-order chi connectivity index (χ1) is 7.10. The largest absolute Gasteiger partial charge is 0.740 e. The zero-order valence-corrected chi connectivity index (χ0v) is 10.8. The predicted octanol–water partition coefficient (Wildman–Crippen LogP) is 1.85. The topological polar surface area (TPSA) is 86.7 Å². The SMILES string of the molecule is CCCCS(=O)(=O)N([O-])C(=O)OC(C)(C)C. The lowest BCUT2D eigenvalue weighted by molar-refractivity contribution is 0.0443. The fraction of sp³-hybridized carbons (Fsp3) is 0.889. The molecule has 0 heterocycles. The molecule has 0 saturated heterocycles. The molecule has 0 aliphatic carbocycles. The molecule has 6 nitrogen and oxygen atoms in total. The number of sulfonamides is 1. The summed E-state index contributed by atoms with van der Waals surface area (Å²) in [6.07, 6.45) is -0.422. The summed E-state index contributed by atoms with van der Waals surface area (Å²) in [5, 5.41) is 11.2. The lowest BCUT2D eigenvalue weighted by atomic mass is 10.2. The molecular weight excluding hydrogens is 234 g/mol. The summed E-state index contributed by atoms with van der Waals surface area (Å²) in [6.45, 7) is 6.45. The summed E-state index contributed by atoms with van der Waals surface area (Å²) in [5.74, 6) is -0.341. The van der Waals surface area contributed by atoms with Crippen molar-refractivity contribution in [3.8, 4) is 0 Å². The van der Waals surface area contributed by atoms with Crippen molar-refractivity contribution in [2.75, 3.05) is 5.75 Å².